The highest BCUT2D eigenvalue weighted by Crippen LogP contribution is 2.17. The number of hydrogen-bond donors (Lipinski definition) is 1. The summed E-state index contributed by atoms with van der Waals surface area (Å²) >= 11 is 1.48. The van der Waals surface area contributed by atoms with E-state index in [4.69, 9.17) is 15.4 Å². The summed E-state index contributed by atoms with van der Waals surface area (Å²) in [5, 5.41) is 9.05. The van der Waals surface area contributed by atoms with Gasteiger partial charge in [0.15, 0.2) is 0 Å². The average molecular weight is 197 g/mol. The molecule has 1 aromatic heterocycles. The van der Waals surface area contributed by atoms with Crippen LogP contribution in [0, 0.1) is 18.3 Å². The van der Waals surface area contributed by atoms with Crippen molar-refractivity contribution >= 4 is 11.8 Å². The molecular weight excluding hydrogens is 186 g/mol. The van der Waals surface area contributed by atoms with Crippen molar-refractivity contribution < 1.29 is 4.42 Å². The number of nitriles is 1. The first kappa shape index (κ1) is 10.1. The van der Waals surface area contributed by atoms with E-state index >= 15 is 0 Å². The second-order valence-corrected chi connectivity index (χ2v) is 3.67. The summed E-state index contributed by atoms with van der Waals surface area (Å²) in [6, 6.07) is 1.58. The van der Waals surface area contributed by atoms with Crippen molar-refractivity contribution in [2.75, 3.05) is 5.75 Å². The molecule has 0 spiro atoms. The molecule has 1 aromatic rings. The lowest BCUT2D eigenvalue weighted by Gasteiger charge is -1.98. The molecule has 0 saturated heterocycles. The quantitative estimate of drug-likeness (QED) is 0.736. The van der Waals surface area contributed by atoms with Crippen LogP contribution in [-0.4, -0.2) is 16.8 Å². The lowest BCUT2D eigenvalue weighted by atomic mass is 10.3. The van der Waals surface area contributed by atoms with Crippen LogP contribution in [0.3, 0.4) is 0 Å². The molecule has 1 unspecified atom stereocenters. The molecular formula is C8H11N3OS. The second-order valence-electron chi connectivity index (χ2n) is 2.63. The molecule has 0 aliphatic carbocycles. The minimum absolute atomic E-state index is 0.386. The van der Waals surface area contributed by atoms with E-state index in [0.29, 0.717) is 11.6 Å². The lowest BCUT2D eigenvalue weighted by molar-refractivity contribution is 0.454. The van der Waals surface area contributed by atoms with Gasteiger partial charge in [-0.3, -0.25) is 0 Å². The first-order valence-corrected chi connectivity index (χ1v) is 4.91. The normalized spacial score (nSPS) is 12.4. The monoisotopic (exact) mass is 197 g/mol. The van der Waals surface area contributed by atoms with Gasteiger partial charge in [-0.2, -0.15) is 5.26 Å². The Hall–Kier alpha value is -0.990. The number of thioether (sulfide) groups is 1. The third-order valence-corrected chi connectivity index (χ3v) is 2.29. The highest BCUT2D eigenvalue weighted by molar-refractivity contribution is 7.99. The van der Waals surface area contributed by atoms with Crippen molar-refractivity contribution in [3.63, 3.8) is 0 Å². The number of nitrogens with two attached hydrogens (primary N) is 1. The number of nitrogens with zero attached hydrogens (tertiary/aromatic N) is 2. The fourth-order valence-corrected chi connectivity index (χ4v) is 1.61. The highest BCUT2D eigenvalue weighted by atomic mass is 32.2. The van der Waals surface area contributed by atoms with Gasteiger partial charge in [-0.1, -0.05) is 11.8 Å². The molecule has 0 radical (unpaired) electrons. The Morgan fingerprint density at radius 1 is 1.85 bits per heavy atom. The van der Waals surface area contributed by atoms with Crippen LogP contribution in [0.4, 0.5) is 0 Å². The molecule has 1 heterocycles. The molecule has 0 fully saturated rings. The minimum atomic E-state index is -0.386. The zero-order valence-corrected chi connectivity index (χ0v) is 8.17. The van der Waals surface area contributed by atoms with Gasteiger partial charge in [0, 0.05) is 5.75 Å². The molecule has 5 heteroatoms. The Balaban J connectivity index is 2.25. The van der Waals surface area contributed by atoms with Gasteiger partial charge in [0.2, 0.25) is 0 Å². The van der Waals surface area contributed by atoms with Crippen molar-refractivity contribution in [1.82, 2.24) is 4.98 Å². The Morgan fingerprint density at radius 2 is 2.62 bits per heavy atom. The first-order valence-electron chi connectivity index (χ1n) is 3.92. The molecule has 0 aliphatic heterocycles. The van der Waals surface area contributed by atoms with Gasteiger partial charge in [-0.25, -0.2) is 4.98 Å². The molecule has 2 N–H and O–H groups in total. The molecule has 0 aliphatic rings. The third kappa shape index (κ3) is 3.49. The molecule has 70 valence electrons. The molecule has 0 saturated carbocycles. The van der Waals surface area contributed by atoms with Gasteiger partial charge in [-0.15, -0.1) is 0 Å². The lowest BCUT2D eigenvalue weighted by Crippen LogP contribution is -2.17. The van der Waals surface area contributed by atoms with Gasteiger partial charge in [0.1, 0.15) is 6.26 Å². The van der Waals surface area contributed by atoms with Crippen molar-refractivity contribution in [1.29, 1.82) is 5.26 Å². The fourth-order valence-electron chi connectivity index (χ4n) is 0.736. The van der Waals surface area contributed by atoms with Crippen LogP contribution < -0.4 is 5.73 Å². The molecule has 0 bridgehead atoms. The van der Waals surface area contributed by atoms with Crippen molar-refractivity contribution in [3.05, 3.63) is 12.0 Å². The molecule has 1 atom stereocenters. The van der Waals surface area contributed by atoms with Crippen LogP contribution >= 0.6 is 11.8 Å². The number of aromatic nitrogens is 1. The predicted molar refractivity (Wildman–Crippen MR) is 50.2 cm³/mol. The van der Waals surface area contributed by atoms with Crippen LogP contribution in [0.1, 0.15) is 12.1 Å². The second kappa shape index (κ2) is 4.90. The summed E-state index contributed by atoms with van der Waals surface area (Å²) in [6.45, 7) is 1.87. The third-order valence-electron chi connectivity index (χ3n) is 1.42. The Bertz CT molecular complexity index is 305. The van der Waals surface area contributed by atoms with E-state index in [0.717, 1.165) is 11.4 Å². The van der Waals surface area contributed by atoms with E-state index in [1.54, 1.807) is 6.26 Å². The largest absolute Gasteiger partial charge is 0.440 e. The average Bonchev–Trinajstić information content (AvgIpc) is 2.51. The summed E-state index contributed by atoms with van der Waals surface area (Å²) in [7, 11) is 0. The zero-order chi connectivity index (χ0) is 9.68. The van der Waals surface area contributed by atoms with Gasteiger partial charge in [0.25, 0.3) is 5.22 Å². The number of oxazole rings is 1. The van der Waals surface area contributed by atoms with Gasteiger partial charge >= 0.3 is 0 Å². The predicted octanol–water partition coefficient (Wildman–Crippen LogP) is 1.32. The topological polar surface area (TPSA) is 75.8 Å². The van der Waals surface area contributed by atoms with Crippen molar-refractivity contribution in [2.24, 2.45) is 5.73 Å². The Kier molecular flexibility index (Phi) is 3.80. The van der Waals surface area contributed by atoms with E-state index in [9.17, 15) is 0 Å². The summed E-state index contributed by atoms with van der Waals surface area (Å²) in [5.41, 5.74) is 6.28. The van der Waals surface area contributed by atoms with E-state index in [1.807, 2.05) is 13.0 Å². The summed E-state index contributed by atoms with van der Waals surface area (Å²) < 4.78 is 5.11. The summed E-state index contributed by atoms with van der Waals surface area (Å²) in [6.07, 6.45) is 2.26. The Morgan fingerprint density at radius 3 is 3.15 bits per heavy atom. The molecule has 1 rings (SSSR count). The molecule has 4 nitrogen and oxygen atoms in total. The smallest absolute Gasteiger partial charge is 0.255 e. The van der Waals surface area contributed by atoms with Crippen molar-refractivity contribution in [2.45, 2.75) is 24.6 Å². The maximum absolute atomic E-state index is 8.41. The van der Waals surface area contributed by atoms with E-state index < -0.39 is 0 Å². The number of hydrogen-bond acceptors (Lipinski definition) is 5. The first-order chi connectivity index (χ1) is 6.22. The van der Waals surface area contributed by atoms with Crippen LogP contribution in [0.15, 0.2) is 15.9 Å². The maximum atomic E-state index is 8.41. The summed E-state index contributed by atoms with van der Waals surface area (Å²) in [5.74, 6) is 0.759. The molecule has 13 heavy (non-hydrogen) atoms. The van der Waals surface area contributed by atoms with E-state index in [2.05, 4.69) is 4.98 Å². The van der Waals surface area contributed by atoms with E-state index in [1.165, 1.54) is 11.8 Å². The maximum Gasteiger partial charge on any atom is 0.255 e. The van der Waals surface area contributed by atoms with E-state index in [-0.39, 0.29) is 6.04 Å². The van der Waals surface area contributed by atoms with Gasteiger partial charge < -0.3 is 10.2 Å². The fraction of sp³-hybridized carbons (Fsp3) is 0.500. The van der Waals surface area contributed by atoms with Crippen LogP contribution in [0.2, 0.25) is 0 Å². The number of aryl methyl sites for hydroxylation is 1. The van der Waals surface area contributed by atoms with Crippen LogP contribution in [0.25, 0.3) is 0 Å². The molecule has 0 aromatic carbocycles. The SMILES string of the molecule is Cc1coc(SCCC(N)C#N)n1. The number of rotatable bonds is 4. The van der Waals surface area contributed by atoms with Gasteiger partial charge in [-0.05, 0) is 13.3 Å². The highest BCUT2D eigenvalue weighted by Gasteiger charge is 2.03. The Labute approximate surface area is 81.1 Å². The van der Waals surface area contributed by atoms with Crippen LogP contribution in [0.5, 0.6) is 0 Å². The minimum Gasteiger partial charge on any atom is -0.440 e. The van der Waals surface area contributed by atoms with Crippen LogP contribution in [-0.2, 0) is 0 Å². The van der Waals surface area contributed by atoms with Gasteiger partial charge in [0.05, 0.1) is 17.8 Å². The summed E-state index contributed by atoms with van der Waals surface area (Å²) in [4.78, 5) is 4.11. The standard InChI is InChI=1S/C8H11N3OS/c1-6-5-12-8(11-6)13-3-2-7(10)4-9/h5,7H,2-3,10H2,1H3. The molecule has 0 amide bonds. The zero-order valence-electron chi connectivity index (χ0n) is 7.36. The van der Waals surface area contributed by atoms with Crippen molar-refractivity contribution in [3.8, 4) is 6.07 Å².